The normalized spacial score (nSPS) is 14.1. The van der Waals surface area contributed by atoms with E-state index < -0.39 is 5.41 Å². The highest BCUT2D eigenvalue weighted by molar-refractivity contribution is 6.05. The average Bonchev–Trinajstić information content (AvgIpc) is 3.48. The van der Waals surface area contributed by atoms with Crippen molar-refractivity contribution in [3.05, 3.63) is 78.0 Å². The van der Waals surface area contributed by atoms with E-state index in [1.165, 1.54) is 6.33 Å². The number of carbonyl (C=O) groups excluding carboxylic acids is 1. The van der Waals surface area contributed by atoms with E-state index in [0.29, 0.717) is 16.9 Å². The molecule has 2 aromatic carbocycles. The lowest BCUT2D eigenvalue weighted by molar-refractivity contribution is 0.102. The van der Waals surface area contributed by atoms with E-state index in [0.717, 1.165) is 60.8 Å². The second-order valence-corrected chi connectivity index (χ2v) is 10.6. The van der Waals surface area contributed by atoms with Crippen LogP contribution in [0.2, 0.25) is 0 Å². The summed E-state index contributed by atoms with van der Waals surface area (Å²) in [5.41, 5.74) is 5.39. The van der Waals surface area contributed by atoms with Crippen LogP contribution in [0.3, 0.4) is 0 Å². The van der Waals surface area contributed by atoms with Gasteiger partial charge in [0.25, 0.3) is 5.91 Å². The number of hydrogen-bond donors (Lipinski definition) is 1. The summed E-state index contributed by atoms with van der Waals surface area (Å²) in [4.78, 5) is 26.4. The number of carbonyl (C=O) groups is 1. The van der Waals surface area contributed by atoms with E-state index in [4.69, 9.17) is 0 Å². The number of nitrogens with one attached hydrogen (secondary N) is 1. The van der Waals surface area contributed by atoms with Gasteiger partial charge in [-0.25, -0.2) is 14.6 Å². The number of anilines is 2. The maximum atomic E-state index is 13.6. The number of nitrogens with zero attached hydrogens (tertiary/aromatic N) is 8. The number of amides is 1. The van der Waals surface area contributed by atoms with Crippen molar-refractivity contribution in [3.8, 4) is 23.0 Å². The zero-order valence-electron chi connectivity index (χ0n) is 23.3. The molecule has 1 aliphatic heterocycles. The molecule has 4 aromatic rings. The molecule has 5 rings (SSSR count). The standard InChI is InChI=1S/C30H33N9O/c1-5-37-8-10-38(11-9-37)26-13-22(12-24(14-26)30(3,4)19-31)29(40)34-25-7-6-21(2)28(15-25)39-18-27(35-36-39)23-16-32-20-33-17-23/h6-7,12-18,20H,5,8-11H2,1-4H3,(H,34,40). The fraction of sp³-hybridized carbons (Fsp3) is 0.333. The van der Waals surface area contributed by atoms with Gasteiger partial charge in [-0.15, -0.1) is 5.10 Å². The highest BCUT2D eigenvalue weighted by Crippen LogP contribution is 2.30. The van der Waals surface area contributed by atoms with Crippen LogP contribution in [0.5, 0.6) is 0 Å². The van der Waals surface area contributed by atoms with Gasteiger partial charge in [0.1, 0.15) is 12.0 Å². The van der Waals surface area contributed by atoms with Crippen molar-refractivity contribution in [2.75, 3.05) is 42.9 Å². The van der Waals surface area contributed by atoms with Crippen LogP contribution < -0.4 is 10.2 Å². The molecule has 2 aromatic heterocycles. The first kappa shape index (κ1) is 27.0. The predicted octanol–water partition coefficient (Wildman–Crippen LogP) is 4.23. The lowest BCUT2D eigenvalue weighted by Crippen LogP contribution is -2.46. The van der Waals surface area contributed by atoms with Gasteiger partial charge in [0.2, 0.25) is 0 Å². The van der Waals surface area contributed by atoms with Crippen molar-refractivity contribution < 1.29 is 4.79 Å². The minimum absolute atomic E-state index is 0.237. The summed E-state index contributed by atoms with van der Waals surface area (Å²) < 4.78 is 1.68. The maximum Gasteiger partial charge on any atom is 0.255 e. The number of piperazine rings is 1. The van der Waals surface area contributed by atoms with Crippen molar-refractivity contribution in [3.63, 3.8) is 0 Å². The number of aryl methyl sites for hydroxylation is 1. The first-order valence-electron chi connectivity index (χ1n) is 13.4. The molecule has 1 aliphatic rings. The zero-order valence-corrected chi connectivity index (χ0v) is 23.3. The molecule has 0 radical (unpaired) electrons. The summed E-state index contributed by atoms with van der Waals surface area (Å²) in [6, 6.07) is 13.9. The molecule has 0 spiro atoms. The Morgan fingerprint density at radius 1 is 1.07 bits per heavy atom. The van der Waals surface area contributed by atoms with Crippen molar-refractivity contribution in [1.29, 1.82) is 5.26 Å². The molecule has 204 valence electrons. The fourth-order valence-corrected chi connectivity index (χ4v) is 4.75. The highest BCUT2D eigenvalue weighted by Gasteiger charge is 2.25. The van der Waals surface area contributed by atoms with E-state index in [1.54, 1.807) is 17.1 Å². The Labute approximate surface area is 234 Å². The Balaban J connectivity index is 1.42. The van der Waals surface area contributed by atoms with Crippen LogP contribution in [0.15, 0.2) is 61.3 Å². The summed E-state index contributed by atoms with van der Waals surface area (Å²) in [7, 11) is 0. The minimum Gasteiger partial charge on any atom is -0.369 e. The lowest BCUT2D eigenvalue weighted by Gasteiger charge is -2.36. The number of nitriles is 1. The molecule has 1 N–H and O–H groups in total. The molecule has 1 saturated heterocycles. The molecule has 0 bridgehead atoms. The SMILES string of the molecule is CCN1CCN(c2cc(C(=O)Nc3ccc(C)c(-n4cc(-c5cncnc5)nn4)c3)cc(C(C)(C)C#N)c2)CC1. The third kappa shape index (κ3) is 5.70. The smallest absolute Gasteiger partial charge is 0.255 e. The lowest BCUT2D eigenvalue weighted by atomic mass is 9.85. The maximum absolute atomic E-state index is 13.6. The molecule has 0 unspecified atom stereocenters. The molecule has 3 heterocycles. The van der Waals surface area contributed by atoms with Crippen LogP contribution in [0.1, 0.15) is 42.3 Å². The van der Waals surface area contributed by atoms with Crippen LogP contribution in [-0.4, -0.2) is 68.5 Å². The monoisotopic (exact) mass is 535 g/mol. The Morgan fingerprint density at radius 3 is 2.52 bits per heavy atom. The first-order valence-corrected chi connectivity index (χ1v) is 13.4. The van der Waals surface area contributed by atoms with Crippen molar-refractivity contribution in [2.45, 2.75) is 33.1 Å². The van der Waals surface area contributed by atoms with Gasteiger partial charge < -0.3 is 15.1 Å². The van der Waals surface area contributed by atoms with Crippen LogP contribution in [0.25, 0.3) is 16.9 Å². The van der Waals surface area contributed by atoms with Crippen molar-refractivity contribution >= 4 is 17.3 Å². The minimum atomic E-state index is -0.734. The molecule has 1 fully saturated rings. The molecule has 40 heavy (non-hydrogen) atoms. The summed E-state index contributed by atoms with van der Waals surface area (Å²) in [6.45, 7) is 12.6. The highest BCUT2D eigenvalue weighted by atomic mass is 16.1. The molecule has 0 atom stereocenters. The van der Waals surface area contributed by atoms with Gasteiger partial charge in [-0.1, -0.05) is 18.2 Å². The van der Waals surface area contributed by atoms with Crippen molar-refractivity contribution in [2.24, 2.45) is 0 Å². The Kier molecular flexibility index (Phi) is 7.58. The van der Waals surface area contributed by atoms with Gasteiger partial charge in [0.15, 0.2) is 0 Å². The van der Waals surface area contributed by atoms with Crippen LogP contribution in [0, 0.1) is 18.3 Å². The van der Waals surface area contributed by atoms with E-state index in [2.05, 4.69) is 48.4 Å². The first-order chi connectivity index (χ1) is 19.3. The van der Waals surface area contributed by atoms with E-state index in [9.17, 15) is 10.1 Å². The summed E-state index contributed by atoms with van der Waals surface area (Å²) >= 11 is 0. The zero-order chi connectivity index (χ0) is 28.3. The number of hydrogen-bond acceptors (Lipinski definition) is 8. The molecular weight excluding hydrogens is 502 g/mol. The Hall–Kier alpha value is -4.62. The van der Waals surface area contributed by atoms with E-state index >= 15 is 0 Å². The van der Waals surface area contributed by atoms with E-state index in [-0.39, 0.29) is 5.91 Å². The largest absolute Gasteiger partial charge is 0.369 e. The van der Waals surface area contributed by atoms with E-state index in [1.807, 2.05) is 63.4 Å². The number of likely N-dealkylation sites (N-methyl/N-ethyl adjacent to an activating group) is 1. The molecule has 0 saturated carbocycles. The predicted molar refractivity (Wildman–Crippen MR) is 154 cm³/mol. The molecule has 0 aliphatic carbocycles. The fourth-order valence-electron chi connectivity index (χ4n) is 4.75. The number of aromatic nitrogens is 5. The number of rotatable bonds is 7. The van der Waals surface area contributed by atoms with Crippen LogP contribution in [-0.2, 0) is 5.41 Å². The third-order valence-corrected chi connectivity index (χ3v) is 7.43. The Bertz CT molecular complexity index is 1550. The van der Waals surface area contributed by atoms with Gasteiger partial charge >= 0.3 is 0 Å². The molecule has 10 nitrogen and oxygen atoms in total. The summed E-state index contributed by atoms with van der Waals surface area (Å²) in [6.07, 6.45) is 6.65. The topological polar surface area (TPSA) is 116 Å². The van der Waals surface area contributed by atoms with Crippen LogP contribution in [0.4, 0.5) is 11.4 Å². The molecular formula is C30H33N9O. The number of benzene rings is 2. The third-order valence-electron chi connectivity index (χ3n) is 7.43. The second kappa shape index (κ2) is 11.2. The molecule has 10 heteroatoms. The average molecular weight is 536 g/mol. The summed E-state index contributed by atoms with van der Waals surface area (Å²) in [5, 5.41) is 21.4. The Morgan fingerprint density at radius 2 is 1.82 bits per heavy atom. The summed E-state index contributed by atoms with van der Waals surface area (Å²) in [5.74, 6) is -0.237. The quantitative estimate of drug-likeness (QED) is 0.374. The van der Waals surface area contributed by atoms with Gasteiger partial charge in [-0.05, 0) is 68.8 Å². The van der Waals surface area contributed by atoms with Crippen LogP contribution >= 0.6 is 0 Å². The van der Waals surface area contributed by atoms with Crippen molar-refractivity contribution in [1.82, 2.24) is 29.9 Å². The van der Waals surface area contributed by atoms with Gasteiger partial charge in [-0.3, -0.25) is 4.79 Å². The second-order valence-electron chi connectivity index (χ2n) is 10.6. The van der Waals surface area contributed by atoms with Gasteiger partial charge in [0, 0.05) is 61.1 Å². The molecule has 1 amide bonds. The van der Waals surface area contributed by atoms with Gasteiger partial charge in [-0.2, -0.15) is 5.26 Å². The van der Waals surface area contributed by atoms with Gasteiger partial charge in [0.05, 0.1) is 23.4 Å².